The second-order valence-corrected chi connectivity index (χ2v) is 9.45. The maximum Gasteiger partial charge on any atom is 0.416 e. The quantitative estimate of drug-likeness (QED) is 0.588. The van der Waals surface area contributed by atoms with Crippen LogP contribution in [0.25, 0.3) is 0 Å². The predicted molar refractivity (Wildman–Crippen MR) is 116 cm³/mol. The Balaban J connectivity index is 1.17. The summed E-state index contributed by atoms with van der Waals surface area (Å²) in [6.45, 7) is 1.07. The number of alkyl halides is 3. The van der Waals surface area contributed by atoms with Crippen molar-refractivity contribution in [3.05, 3.63) is 52.5 Å². The van der Waals surface area contributed by atoms with Gasteiger partial charge in [0.25, 0.3) is 5.91 Å². The molecule has 1 aliphatic carbocycles. The highest BCUT2D eigenvalue weighted by molar-refractivity contribution is 7.05. The number of carbonyl (C=O) groups is 2. The molecular formula is C22H25F3N4O3S. The van der Waals surface area contributed by atoms with Crippen molar-refractivity contribution in [2.75, 3.05) is 19.6 Å². The number of likely N-dealkylation sites (tertiary alicyclic amines) is 1. The lowest BCUT2D eigenvalue weighted by Crippen LogP contribution is -2.63. The first-order chi connectivity index (χ1) is 15.6. The van der Waals surface area contributed by atoms with E-state index >= 15 is 0 Å². The fourth-order valence-electron chi connectivity index (χ4n) is 4.43. The number of halogens is 3. The number of hydrogen-bond donors (Lipinski definition) is 3. The number of rotatable bonds is 6. The molecule has 2 fully saturated rings. The van der Waals surface area contributed by atoms with Gasteiger partial charge in [0, 0.05) is 30.9 Å². The van der Waals surface area contributed by atoms with Crippen molar-refractivity contribution in [3.8, 4) is 0 Å². The maximum absolute atomic E-state index is 12.8. The Morgan fingerprint density at radius 1 is 1.21 bits per heavy atom. The normalized spacial score (nSPS) is 24.2. The second kappa shape index (κ2) is 9.40. The zero-order valence-corrected chi connectivity index (χ0v) is 18.6. The molecule has 2 aromatic rings. The average Bonchev–Trinajstić information content (AvgIpc) is 3.31. The third-order valence-corrected chi connectivity index (χ3v) is 7.27. The van der Waals surface area contributed by atoms with Crippen LogP contribution in [0.2, 0.25) is 0 Å². The molecule has 2 amide bonds. The van der Waals surface area contributed by atoms with E-state index in [1.165, 1.54) is 17.6 Å². The van der Waals surface area contributed by atoms with E-state index in [1.54, 1.807) is 6.20 Å². The molecule has 1 aliphatic heterocycles. The fraction of sp³-hybridized carbons (Fsp3) is 0.500. The lowest BCUT2D eigenvalue weighted by molar-refractivity contribution is -0.137. The van der Waals surface area contributed by atoms with E-state index in [-0.39, 0.29) is 24.1 Å². The molecule has 0 spiro atoms. The van der Waals surface area contributed by atoms with Crippen LogP contribution in [0.15, 0.2) is 36.5 Å². The van der Waals surface area contributed by atoms with E-state index in [4.69, 9.17) is 0 Å². The fourth-order valence-corrected chi connectivity index (χ4v) is 5.16. The first-order valence-electron chi connectivity index (χ1n) is 10.8. The summed E-state index contributed by atoms with van der Waals surface area (Å²) in [5.41, 5.74) is -1.86. The van der Waals surface area contributed by atoms with E-state index in [2.05, 4.69) is 19.9 Å². The van der Waals surface area contributed by atoms with Gasteiger partial charge in [-0.2, -0.15) is 13.2 Å². The number of nitrogens with one attached hydrogen (secondary N) is 2. The molecular weight excluding hydrogens is 457 g/mol. The van der Waals surface area contributed by atoms with Gasteiger partial charge in [-0.05, 0) is 61.5 Å². The number of nitrogens with zero attached hydrogens (tertiary/aromatic N) is 2. The van der Waals surface area contributed by atoms with Crippen molar-refractivity contribution in [2.45, 2.75) is 49.5 Å². The molecule has 2 heterocycles. The summed E-state index contributed by atoms with van der Waals surface area (Å²) >= 11 is 1.33. The topological polar surface area (TPSA) is 94.6 Å². The minimum absolute atomic E-state index is 0.0368. The molecule has 33 heavy (non-hydrogen) atoms. The molecule has 11 heteroatoms. The van der Waals surface area contributed by atoms with Crippen LogP contribution in [0.1, 0.15) is 46.5 Å². The van der Waals surface area contributed by atoms with E-state index < -0.39 is 23.2 Å². The van der Waals surface area contributed by atoms with Gasteiger partial charge in [-0.15, -0.1) is 0 Å². The van der Waals surface area contributed by atoms with Crippen LogP contribution in [0, 0.1) is 0 Å². The van der Waals surface area contributed by atoms with Crippen LogP contribution in [0.4, 0.5) is 13.2 Å². The van der Waals surface area contributed by atoms with Crippen molar-refractivity contribution < 1.29 is 27.9 Å². The summed E-state index contributed by atoms with van der Waals surface area (Å²) in [4.78, 5) is 27.4. The Kier molecular flexibility index (Phi) is 6.73. The van der Waals surface area contributed by atoms with Gasteiger partial charge in [0.1, 0.15) is 5.60 Å². The highest BCUT2D eigenvalue weighted by Crippen LogP contribution is 2.40. The smallest absolute Gasteiger partial charge is 0.384 e. The number of aromatic nitrogens is 1. The van der Waals surface area contributed by atoms with Gasteiger partial charge in [0.2, 0.25) is 5.91 Å². The summed E-state index contributed by atoms with van der Waals surface area (Å²) in [6.07, 6.45) is 0.241. The van der Waals surface area contributed by atoms with Gasteiger partial charge in [0.15, 0.2) is 0 Å². The monoisotopic (exact) mass is 482 g/mol. The average molecular weight is 483 g/mol. The summed E-state index contributed by atoms with van der Waals surface area (Å²) < 4.78 is 42.4. The molecule has 1 aromatic carbocycles. The Hall–Kier alpha value is -2.50. The molecule has 0 unspecified atom stereocenters. The third-order valence-electron chi connectivity index (χ3n) is 6.33. The van der Waals surface area contributed by atoms with Crippen LogP contribution in [-0.2, 0) is 16.6 Å². The Bertz CT molecular complexity index is 985. The standard InChI is InChI=1S/C22H25F3N4O3S/c23-22(24,25)15-3-1-2-14(10-15)20(31)26-11-19(30)28-16-12-29(13-16)17-4-7-21(32,8-5-17)18-6-9-27-33-18/h1-3,6,9-10,16-17,32H,4-5,7-8,11-13H2,(H,26,31)(H,28,30)/t17-,21-. The number of hydrogen-bond acceptors (Lipinski definition) is 6. The van der Waals surface area contributed by atoms with Crippen molar-refractivity contribution >= 4 is 23.3 Å². The highest BCUT2D eigenvalue weighted by atomic mass is 32.1. The SMILES string of the molecule is O=C(CNC(=O)c1cccc(C(F)(F)F)c1)NC1CN([C@H]2CC[C@@](O)(c3ccns3)CC2)C1. The first kappa shape index (κ1) is 23.7. The Morgan fingerprint density at radius 2 is 1.94 bits per heavy atom. The molecule has 0 atom stereocenters. The lowest BCUT2D eigenvalue weighted by atomic mass is 9.80. The minimum atomic E-state index is -4.54. The molecule has 2 aliphatic rings. The molecule has 0 radical (unpaired) electrons. The van der Waals surface area contributed by atoms with Gasteiger partial charge in [0.05, 0.1) is 23.0 Å². The maximum atomic E-state index is 12.8. The summed E-state index contributed by atoms with van der Waals surface area (Å²) in [7, 11) is 0. The zero-order valence-electron chi connectivity index (χ0n) is 17.8. The van der Waals surface area contributed by atoms with Gasteiger partial charge < -0.3 is 15.7 Å². The zero-order chi connectivity index (χ0) is 23.6. The largest absolute Gasteiger partial charge is 0.416 e. The molecule has 0 bridgehead atoms. The van der Waals surface area contributed by atoms with Gasteiger partial charge in [-0.25, -0.2) is 4.37 Å². The van der Waals surface area contributed by atoms with E-state index in [0.717, 1.165) is 35.9 Å². The number of aliphatic hydroxyl groups is 1. The minimum Gasteiger partial charge on any atom is -0.384 e. The number of amides is 2. The summed E-state index contributed by atoms with van der Waals surface area (Å²) in [6, 6.07) is 6.26. The highest BCUT2D eigenvalue weighted by Gasteiger charge is 2.41. The summed E-state index contributed by atoms with van der Waals surface area (Å²) in [5.74, 6) is -1.12. The van der Waals surface area contributed by atoms with E-state index in [9.17, 15) is 27.9 Å². The second-order valence-electron chi connectivity index (χ2n) is 8.62. The van der Waals surface area contributed by atoms with Crippen LogP contribution in [0.3, 0.4) is 0 Å². The molecule has 4 rings (SSSR count). The van der Waals surface area contributed by atoms with Gasteiger partial charge in [-0.1, -0.05) is 6.07 Å². The van der Waals surface area contributed by atoms with E-state index in [0.29, 0.717) is 32.0 Å². The van der Waals surface area contributed by atoms with Gasteiger partial charge >= 0.3 is 6.18 Å². The van der Waals surface area contributed by atoms with Crippen LogP contribution >= 0.6 is 11.5 Å². The Labute approximate surface area is 193 Å². The number of benzene rings is 1. The lowest BCUT2D eigenvalue weighted by Gasteiger charge is -2.48. The van der Waals surface area contributed by atoms with Crippen LogP contribution in [-0.4, -0.2) is 57.9 Å². The Morgan fingerprint density at radius 3 is 2.58 bits per heavy atom. The predicted octanol–water partition coefficient (Wildman–Crippen LogP) is 2.52. The van der Waals surface area contributed by atoms with Gasteiger partial charge in [-0.3, -0.25) is 14.5 Å². The number of carbonyl (C=O) groups excluding carboxylic acids is 2. The molecule has 1 aromatic heterocycles. The van der Waals surface area contributed by atoms with Crippen molar-refractivity contribution in [1.29, 1.82) is 0 Å². The molecule has 7 nitrogen and oxygen atoms in total. The van der Waals surface area contributed by atoms with E-state index in [1.807, 2.05) is 6.07 Å². The van der Waals surface area contributed by atoms with Crippen molar-refractivity contribution in [1.82, 2.24) is 19.9 Å². The van der Waals surface area contributed by atoms with Crippen LogP contribution < -0.4 is 10.6 Å². The summed E-state index contributed by atoms with van der Waals surface area (Å²) in [5, 5.41) is 16.0. The van der Waals surface area contributed by atoms with Crippen molar-refractivity contribution in [2.24, 2.45) is 0 Å². The molecule has 3 N–H and O–H groups in total. The molecule has 1 saturated carbocycles. The van der Waals surface area contributed by atoms with Crippen LogP contribution in [0.5, 0.6) is 0 Å². The third kappa shape index (κ3) is 5.53. The molecule has 178 valence electrons. The first-order valence-corrected chi connectivity index (χ1v) is 11.5. The molecule has 1 saturated heterocycles. The van der Waals surface area contributed by atoms with Crippen molar-refractivity contribution in [3.63, 3.8) is 0 Å².